The molecule has 3 heterocycles. The first-order valence-corrected chi connectivity index (χ1v) is 10.0. The molecule has 7 heteroatoms. The predicted octanol–water partition coefficient (Wildman–Crippen LogP) is 4.60. The quantitative estimate of drug-likeness (QED) is 0.474. The molecule has 0 N–H and O–H groups in total. The summed E-state index contributed by atoms with van der Waals surface area (Å²) in [4.78, 5) is 9.09. The minimum atomic E-state index is 0.760. The van der Waals surface area contributed by atoms with Gasteiger partial charge < -0.3 is 4.57 Å². The maximum Gasteiger partial charge on any atom is 0.191 e. The molecule has 0 radical (unpaired) electrons. The molecule has 4 aromatic rings. The summed E-state index contributed by atoms with van der Waals surface area (Å²) in [7, 11) is 1.96. The van der Waals surface area contributed by atoms with E-state index in [1.165, 1.54) is 5.56 Å². The molecule has 0 aliphatic rings. The topological polar surface area (TPSA) is 56.5 Å². The van der Waals surface area contributed by atoms with Crippen molar-refractivity contribution in [2.45, 2.75) is 17.8 Å². The zero-order valence-corrected chi connectivity index (χ0v) is 16.1. The van der Waals surface area contributed by atoms with Crippen LogP contribution < -0.4 is 0 Å². The van der Waals surface area contributed by atoms with Crippen LogP contribution in [0.5, 0.6) is 0 Å². The van der Waals surface area contributed by atoms with E-state index >= 15 is 0 Å². The maximum atomic E-state index is 4.75. The van der Waals surface area contributed by atoms with Gasteiger partial charge in [-0.1, -0.05) is 47.7 Å². The van der Waals surface area contributed by atoms with Gasteiger partial charge in [0.05, 0.1) is 5.69 Å². The fourth-order valence-electron chi connectivity index (χ4n) is 2.50. The molecule has 0 aliphatic carbocycles. The summed E-state index contributed by atoms with van der Waals surface area (Å²) < 4.78 is 1.97. The standard InChI is InChI=1S/C19H17N5S2/c1-13-6-8-14(9-7-13)18-21-15(11-25-18)12-26-19-23-22-17(24(19)2)16-5-3-4-10-20-16/h3-11H,12H2,1-2H3. The van der Waals surface area contributed by atoms with Crippen molar-refractivity contribution >= 4 is 23.1 Å². The van der Waals surface area contributed by atoms with E-state index < -0.39 is 0 Å². The van der Waals surface area contributed by atoms with Crippen LogP contribution >= 0.6 is 23.1 Å². The highest BCUT2D eigenvalue weighted by Gasteiger charge is 2.13. The molecule has 3 aromatic heterocycles. The summed E-state index contributed by atoms with van der Waals surface area (Å²) in [6.07, 6.45) is 1.76. The van der Waals surface area contributed by atoms with E-state index in [9.17, 15) is 0 Å². The molecule has 130 valence electrons. The Labute approximate surface area is 160 Å². The van der Waals surface area contributed by atoms with Gasteiger partial charge in [-0.2, -0.15) is 0 Å². The molecular weight excluding hydrogens is 362 g/mol. The van der Waals surface area contributed by atoms with E-state index in [0.717, 1.165) is 38.7 Å². The van der Waals surface area contributed by atoms with Gasteiger partial charge in [0.15, 0.2) is 11.0 Å². The van der Waals surface area contributed by atoms with Crippen molar-refractivity contribution in [2.24, 2.45) is 7.05 Å². The lowest BCUT2D eigenvalue weighted by Crippen LogP contribution is -1.96. The van der Waals surface area contributed by atoms with Gasteiger partial charge in [-0.3, -0.25) is 4.98 Å². The number of aryl methyl sites for hydroxylation is 1. The molecule has 0 fully saturated rings. The van der Waals surface area contributed by atoms with Gasteiger partial charge in [0.1, 0.15) is 10.7 Å². The van der Waals surface area contributed by atoms with E-state index in [2.05, 4.69) is 51.8 Å². The number of benzene rings is 1. The van der Waals surface area contributed by atoms with Gasteiger partial charge in [-0.25, -0.2) is 4.98 Å². The first-order chi connectivity index (χ1) is 12.7. The molecule has 0 saturated heterocycles. The Morgan fingerprint density at radius 2 is 1.92 bits per heavy atom. The van der Waals surface area contributed by atoms with Crippen molar-refractivity contribution in [3.8, 4) is 22.1 Å². The molecule has 0 amide bonds. The van der Waals surface area contributed by atoms with Crippen LogP contribution in [0, 0.1) is 6.92 Å². The number of hydrogen-bond acceptors (Lipinski definition) is 6. The summed E-state index contributed by atoms with van der Waals surface area (Å²) in [6.45, 7) is 2.09. The Kier molecular flexibility index (Phi) is 4.81. The molecule has 5 nitrogen and oxygen atoms in total. The number of thioether (sulfide) groups is 1. The Morgan fingerprint density at radius 3 is 2.69 bits per heavy atom. The Balaban J connectivity index is 1.47. The summed E-state index contributed by atoms with van der Waals surface area (Å²) in [5.41, 5.74) is 4.29. The maximum absolute atomic E-state index is 4.75. The van der Waals surface area contributed by atoms with E-state index in [4.69, 9.17) is 4.98 Å². The van der Waals surface area contributed by atoms with E-state index in [1.54, 1.807) is 29.3 Å². The second kappa shape index (κ2) is 7.39. The molecule has 1 aromatic carbocycles. The van der Waals surface area contributed by atoms with Gasteiger partial charge >= 0.3 is 0 Å². The highest BCUT2D eigenvalue weighted by molar-refractivity contribution is 7.98. The summed E-state index contributed by atoms with van der Waals surface area (Å²) >= 11 is 3.30. The third kappa shape index (κ3) is 3.54. The first-order valence-electron chi connectivity index (χ1n) is 8.16. The zero-order valence-electron chi connectivity index (χ0n) is 14.5. The van der Waals surface area contributed by atoms with Gasteiger partial charge in [-0.15, -0.1) is 21.5 Å². The number of thiazole rings is 1. The van der Waals surface area contributed by atoms with Gasteiger partial charge in [-0.05, 0) is 19.1 Å². The second-order valence-electron chi connectivity index (χ2n) is 5.88. The summed E-state index contributed by atoms with van der Waals surface area (Å²) in [5, 5.41) is 12.6. The fraction of sp³-hybridized carbons (Fsp3) is 0.158. The molecule has 0 saturated carbocycles. The van der Waals surface area contributed by atoms with Crippen molar-refractivity contribution in [2.75, 3.05) is 0 Å². The number of hydrogen-bond donors (Lipinski definition) is 0. The smallest absolute Gasteiger partial charge is 0.191 e. The molecule has 0 spiro atoms. The third-order valence-corrected chi connectivity index (χ3v) is 5.92. The number of nitrogens with zero attached hydrogens (tertiary/aromatic N) is 5. The monoisotopic (exact) mass is 379 g/mol. The van der Waals surface area contributed by atoms with Gasteiger partial charge in [0.2, 0.25) is 0 Å². The minimum absolute atomic E-state index is 0.760. The van der Waals surface area contributed by atoms with Crippen LogP contribution in [0.1, 0.15) is 11.3 Å². The lowest BCUT2D eigenvalue weighted by Gasteiger charge is -2.02. The molecule has 0 bridgehead atoms. The van der Waals surface area contributed by atoms with Crippen LogP contribution in [0.2, 0.25) is 0 Å². The van der Waals surface area contributed by atoms with Crippen molar-refractivity contribution in [3.63, 3.8) is 0 Å². The van der Waals surface area contributed by atoms with Crippen LogP contribution in [-0.4, -0.2) is 24.7 Å². The summed E-state index contributed by atoms with van der Waals surface area (Å²) in [5.74, 6) is 1.53. The molecule has 4 rings (SSSR count). The normalized spacial score (nSPS) is 11.0. The average Bonchev–Trinajstić information content (AvgIpc) is 3.28. The molecule has 0 atom stereocenters. The number of pyridine rings is 1. The van der Waals surface area contributed by atoms with Crippen LogP contribution in [0.15, 0.2) is 59.2 Å². The van der Waals surface area contributed by atoms with E-state index in [-0.39, 0.29) is 0 Å². The van der Waals surface area contributed by atoms with Crippen molar-refractivity contribution in [1.29, 1.82) is 0 Å². The lowest BCUT2D eigenvalue weighted by molar-refractivity contribution is 0.792. The molecule has 0 unspecified atom stereocenters. The SMILES string of the molecule is Cc1ccc(-c2nc(CSc3nnc(-c4ccccn4)n3C)cs2)cc1. The largest absolute Gasteiger partial charge is 0.304 e. The zero-order chi connectivity index (χ0) is 17.9. The molecule has 0 aliphatic heterocycles. The minimum Gasteiger partial charge on any atom is -0.304 e. The van der Waals surface area contributed by atoms with Gasteiger partial charge in [0, 0.05) is 29.9 Å². The second-order valence-corrected chi connectivity index (χ2v) is 7.68. The summed E-state index contributed by atoms with van der Waals surface area (Å²) in [6, 6.07) is 14.2. The highest BCUT2D eigenvalue weighted by atomic mass is 32.2. The Morgan fingerprint density at radius 1 is 1.08 bits per heavy atom. The number of rotatable bonds is 5. The lowest BCUT2D eigenvalue weighted by atomic mass is 10.2. The highest BCUT2D eigenvalue weighted by Crippen LogP contribution is 2.28. The van der Waals surface area contributed by atoms with Crippen LogP contribution in [-0.2, 0) is 12.8 Å². The van der Waals surface area contributed by atoms with Gasteiger partial charge in [0.25, 0.3) is 0 Å². The fourth-order valence-corrected chi connectivity index (χ4v) is 4.23. The van der Waals surface area contributed by atoms with Crippen LogP contribution in [0.25, 0.3) is 22.1 Å². The third-order valence-electron chi connectivity index (χ3n) is 3.93. The van der Waals surface area contributed by atoms with Crippen LogP contribution in [0.3, 0.4) is 0 Å². The van der Waals surface area contributed by atoms with Crippen molar-refractivity contribution in [3.05, 3.63) is 65.3 Å². The molecule has 26 heavy (non-hydrogen) atoms. The Bertz CT molecular complexity index is 1010. The molecular formula is C19H17N5S2. The average molecular weight is 380 g/mol. The van der Waals surface area contributed by atoms with Crippen molar-refractivity contribution < 1.29 is 0 Å². The first kappa shape index (κ1) is 16.9. The van der Waals surface area contributed by atoms with E-state index in [0.29, 0.717) is 0 Å². The van der Waals surface area contributed by atoms with E-state index in [1.807, 2.05) is 29.8 Å². The van der Waals surface area contributed by atoms with Crippen LogP contribution in [0.4, 0.5) is 0 Å². The number of aromatic nitrogens is 5. The Hall–Kier alpha value is -2.51. The predicted molar refractivity (Wildman–Crippen MR) is 106 cm³/mol. The van der Waals surface area contributed by atoms with Crippen molar-refractivity contribution in [1.82, 2.24) is 24.7 Å².